The van der Waals surface area contributed by atoms with Crippen molar-refractivity contribution in [1.82, 2.24) is 15.2 Å². The van der Waals surface area contributed by atoms with Gasteiger partial charge in [0.05, 0.1) is 18.4 Å². The number of aromatic nitrogens is 1. The number of halogens is 1. The molecule has 3 rings (SSSR count). The third-order valence-electron chi connectivity index (χ3n) is 4.04. The second kappa shape index (κ2) is 8.32. The summed E-state index contributed by atoms with van der Waals surface area (Å²) in [5.74, 6) is 0.447. The largest absolute Gasteiger partial charge is 0.490 e. The molecule has 1 fully saturated rings. The SMILES string of the molecule is O=C(NCCOc1cccnc1)N1CCN(c2ccccc2F)CC1. The number of carbonyl (C=O) groups is 1. The lowest BCUT2D eigenvalue weighted by Gasteiger charge is -2.36. The third-order valence-corrected chi connectivity index (χ3v) is 4.04. The standard InChI is InChI=1S/C18H21FN4O2/c19-16-5-1-2-6-17(16)22-9-11-23(12-10-22)18(24)21-8-13-25-15-4-3-7-20-14-15/h1-7,14H,8-13H2,(H,21,24). The average Bonchev–Trinajstić information content (AvgIpc) is 2.66. The van der Waals surface area contributed by atoms with E-state index in [2.05, 4.69) is 10.3 Å². The van der Waals surface area contributed by atoms with Gasteiger partial charge in [-0.05, 0) is 24.3 Å². The van der Waals surface area contributed by atoms with Crippen LogP contribution in [-0.4, -0.2) is 55.2 Å². The van der Waals surface area contributed by atoms with Crippen molar-refractivity contribution >= 4 is 11.7 Å². The summed E-state index contributed by atoms with van der Waals surface area (Å²) in [6, 6.07) is 10.2. The normalized spacial score (nSPS) is 14.3. The molecule has 1 aromatic carbocycles. The Morgan fingerprint density at radius 2 is 1.96 bits per heavy atom. The summed E-state index contributed by atoms with van der Waals surface area (Å²) in [5.41, 5.74) is 0.590. The number of hydrogen-bond donors (Lipinski definition) is 1. The maximum Gasteiger partial charge on any atom is 0.317 e. The number of carbonyl (C=O) groups excluding carboxylic acids is 1. The van der Waals surface area contributed by atoms with Crippen molar-refractivity contribution in [2.24, 2.45) is 0 Å². The van der Waals surface area contributed by atoms with Gasteiger partial charge in [-0.3, -0.25) is 4.98 Å². The number of piperazine rings is 1. The predicted molar refractivity (Wildman–Crippen MR) is 93.3 cm³/mol. The summed E-state index contributed by atoms with van der Waals surface area (Å²) in [6.45, 7) is 3.14. The highest BCUT2D eigenvalue weighted by Gasteiger charge is 2.22. The van der Waals surface area contributed by atoms with E-state index < -0.39 is 0 Å². The van der Waals surface area contributed by atoms with Crippen LogP contribution < -0.4 is 15.0 Å². The molecule has 0 spiro atoms. The molecule has 0 bridgehead atoms. The van der Waals surface area contributed by atoms with Gasteiger partial charge in [-0.1, -0.05) is 12.1 Å². The maximum absolute atomic E-state index is 13.8. The van der Waals surface area contributed by atoms with Crippen LogP contribution in [0, 0.1) is 5.82 Å². The van der Waals surface area contributed by atoms with Crippen molar-refractivity contribution in [3.05, 3.63) is 54.6 Å². The van der Waals surface area contributed by atoms with Crippen molar-refractivity contribution in [2.75, 3.05) is 44.2 Å². The van der Waals surface area contributed by atoms with Gasteiger partial charge in [0.15, 0.2) is 0 Å². The van der Waals surface area contributed by atoms with Gasteiger partial charge in [0, 0.05) is 32.4 Å². The number of hydrogen-bond acceptors (Lipinski definition) is 4. The molecule has 0 saturated carbocycles. The highest BCUT2D eigenvalue weighted by atomic mass is 19.1. The first kappa shape index (κ1) is 17.0. The van der Waals surface area contributed by atoms with Crippen LogP contribution >= 0.6 is 0 Å². The lowest BCUT2D eigenvalue weighted by atomic mass is 10.2. The number of nitrogens with zero attached hydrogens (tertiary/aromatic N) is 3. The Hall–Kier alpha value is -2.83. The van der Waals surface area contributed by atoms with E-state index in [4.69, 9.17) is 4.74 Å². The highest BCUT2D eigenvalue weighted by molar-refractivity contribution is 5.74. The zero-order valence-corrected chi connectivity index (χ0v) is 13.9. The van der Waals surface area contributed by atoms with Gasteiger partial charge in [0.25, 0.3) is 0 Å². The Morgan fingerprint density at radius 1 is 1.16 bits per heavy atom. The number of anilines is 1. The molecule has 25 heavy (non-hydrogen) atoms. The predicted octanol–water partition coefficient (Wildman–Crippen LogP) is 2.13. The number of benzene rings is 1. The van der Waals surface area contributed by atoms with Crippen LogP contribution in [0.15, 0.2) is 48.8 Å². The molecule has 6 nitrogen and oxygen atoms in total. The maximum atomic E-state index is 13.8. The Balaban J connectivity index is 1.39. The third kappa shape index (κ3) is 4.59. The van der Waals surface area contributed by atoms with Gasteiger partial charge in [-0.25, -0.2) is 9.18 Å². The molecule has 1 N–H and O–H groups in total. The van der Waals surface area contributed by atoms with Crippen LogP contribution in [0.1, 0.15) is 0 Å². The van der Waals surface area contributed by atoms with E-state index in [9.17, 15) is 9.18 Å². The number of nitrogens with one attached hydrogen (secondary N) is 1. The first-order valence-electron chi connectivity index (χ1n) is 8.29. The van der Waals surface area contributed by atoms with Gasteiger partial charge in [-0.2, -0.15) is 0 Å². The number of ether oxygens (including phenoxy) is 1. The molecule has 0 atom stereocenters. The van der Waals surface area contributed by atoms with Crippen molar-refractivity contribution in [1.29, 1.82) is 0 Å². The second-order valence-corrected chi connectivity index (χ2v) is 5.69. The zero-order chi connectivity index (χ0) is 17.5. The van der Waals surface area contributed by atoms with Crippen molar-refractivity contribution in [2.45, 2.75) is 0 Å². The summed E-state index contributed by atoms with van der Waals surface area (Å²) >= 11 is 0. The fraction of sp³-hybridized carbons (Fsp3) is 0.333. The molecule has 2 aromatic rings. The summed E-state index contributed by atoms with van der Waals surface area (Å²) in [6.07, 6.45) is 3.30. The van der Waals surface area contributed by atoms with Crippen molar-refractivity contribution in [3.63, 3.8) is 0 Å². The Bertz CT molecular complexity index is 690. The van der Waals surface area contributed by atoms with Crippen molar-refractivity contribution < 1.29 is 13.9 Å². The minimum Gasteiger partial charge on any atom is -0.490 e. The van der Waals surface area contributed by atoms with Gasteiger partial charge in [0.2, 0.25) is 0 Å². The minimum absolute atomic E-state index is 0.122. The van der Waals surface area contributed by atoms with Gasteiger partial charge >= 0.3 is 6.03 Å². The second-order valence-electron chi connectivity index (χ2n) is 5.69. The Kier molecular flexibility index (Phi) is 5.66. The summed E-state index contributed by atoms with van der Waals surface area (Å²) in [7, 11) is 0. The molecule has 2 heterocycles. The first-order chi connectivity index (χ1) is 12.2. The van der Waals surface area contributed by atoms with Crippen LogP contribution in [-0.2, 0) is 0 Å². The Labute approximate surface area is 146 Å². The molecule has 0 radical (unpaired) electrons. The van der Waals surface area contributed by atoms with Crippen molar-refractivity contribution in [3.8, 4) is 5.75 Å². The smallest absolute Gasteiger partial charge is 0.317 e. The molecule has 1 aliphatic rings. The van der Waals surface area contributed by atoms with Gasteiger partial charge in [-0.15, -0.1) is 0 Å². The zero-order valence-electron chi connectivity index (χ0n) is 13.9. The van der Waals surface area contributed by atoms with E-state index in [0.717, 1.165) is 0 Å². The molecule has 1 aliphatic heterocycles. The van der Waals surface area contributed by atoms with Gasteiger partial charge in [0.1, 0.15) is 18.2 Å². The van der Waals surface area contributed by atoms with Gasteiger partial charge < -0.3 is 19.9 Å². The fourth-order valence-corrected chi connectivity index (χ4v) is 2.73. The average molecular weight is 344 g/mol. The Morgan fingerprint density at radius 3 is 2.68 bits per heavy atom. The lowest BCUT2D eigenvalue weighted by Crippen LogP contribution is -2.52. The molecule has 0 aliphatic carbocycles. The number of urea groups is 1. The summed E-state index contributed by atoms with van der Waals surface area (Å²) in [4.78, 5) is 19.8. The number of amides is 2. The van der Waals surface area contributed by atoms with E-state index in [-0.39, 0.29) is 11.8 Å². The van der Waals surface area contributed by atoms with E-state index in [1.54, 1.807) is 35.5 Å². The van der Waals surface area contributed by atoms with E-state index in [1.165, 1.54) is 6.07 Å². The van der Waals surface area contributed by atoms with E-state index in [1.807, 2.05) is 17.0 Å². The topological polar surface area (TPSA) is 57.7 Å². The van der Waals surface area contributed by atoms with E-state index in [0.29, 0.717) is 50.8 Å². The molecule has 1 aromatic heterocycles. The molecule has 1 saturated heterocycles. The first-order valence-corrected chi connectivity index (χ1v) is 8.29. The molecule has 0 unspecified atom stereocenters. The highest BCUT2D eigenvalue weighted by Crippen LogP contribution is 2.20. The van der Waals surface area contributed by atoms with E-state index >= 15 is 0 Å². The van der Waals surface area contributed by atoms with Crippen LogP contribution in [0.25, 0.3) is 0 Å². The quantitative estimate of drug-likeness (QED) is 0.845. The number of rotatable bonds is 5. The number of para-hydroxylation sites is 1. The molecule has 132 valence electrons. The summed E-state index contributed by atoms with van der Waals surface area (Å²) in [5, 5.41) is 2.84. The minimum atomic E-state index is -0.229. The molecule has 7 heteroatoms. The monoisotopic (exact) mass is 344 g/mol. The van der Waals surface area contributed by atoms with Crippen LogP contribution in [0.4, 0.5) is 14.9 Å². The number of pyridine rings is 1. The summed E-state index contributed by atoms with van der Waals surface area (Å²) < 4.78 is 19.3. The van der Waals surface area contributed by atoms with Crippen LogP contribution in [0.3, 0.4) is 0 Å². The van der Waals surface area contributed by atoms with Crippen LogP contribution in [0.5, 0.6) is 5.75 Å². The fourth-order valence-electron chi connectivity index (χ4n) is 2.73. The molecular formula is C18H21FN4O2. The molecular weight excluding hydrogens is 323 g/mol. The van der Waals surface area contributed by atoms with Crippen LogP contribution in [0.2, 0.25) is 0 Å². The lowest BCUT2D eigenvalue weighted by molar-refractivity contribution is 0.191. The molecule has 2 amide bonds.